The maximum Gasteiger partial charge on any atom is 0.305 e. The summed E-state index contributed by atoms with van der Waals surface area (Å²) < 4.78 is 15.9. The molecule has 1 amide bonds. The van der Waals surface area contributed by atoms with Gasteiger partial charge in [-0.1, -0.05) is 11.8 Å². The Balaban J connectivity index is 2.25. The molecule has 1 atom stereocenters. The number of ether oxygens (including phenoxy) is 3. The first-order chi connectivity index (χ1) is 12.4. The Morgan fingerprint density at radius 2 is 1.85 bits per heavy atom. The summed E-state index contributed by atoms with van der Waals surface area (Å²) in [6.07, 6.45) is -0.273. The van der Waals surface area contributed by atoms with Gasteiger partial charge >= 0.3 is 5.97 Å². The molecule has 0 radical (unpaired) electrons. The smallest absolute Gasteiger partial charge is 0.305 e. The molecule has 0 aliphatic carbocycles. The van der Waals surface area contributed by atoms with E-state index in [9.17, 15) is 9.59 Å². The Morgan fingerprint density at radius 3 is 2.35 bits per heavy atom. The summed E-state index contributed by atoms with van der Waals surface area (Å²) in [5, 5.41) is 18.9. The number of carbonyl (C=O) groups is 2. The molecule has 0 aromatic heterocycles. The predicted octanol–water partition coefficient (Wildman–Crippen LogP) is 1.50. The maximum absolute atomic E-state index is 11.7. The minimum absolute atomic E-state index is 0.257. The molecule has 2 rings (SSSR count). The van der Waals surface area contributed by atoms with Crippen LogP contribution in [0.3, 0.4) is 0 Å². The largest absolute Gasteiger partial charge is 0.493 e. The van der Waals surface area contributed by atoms with E-state index in [2.05, 4.69) is 15.5 Å². The van der Waals surface area contributed by atoms with Gasteiger partial charge in [-0.2, -0.15) is 5.10 Å². The van der Waals surface area contributed by atoms with Crippen LogP contribution in [0.25, 0.3) is 0 Å². The number of thioether (sulfide) groups is 1. The van der Waals surface area contributed by atoms with E-state index in [0.29, 0.717) is 28.5 Å². The predicted molar refractivity (Wildman–Crippen MR) is 97.5 cm³/mol. The van der Waals surface area contributed by atoms with Crippen LogP contribution in [0, 0.1) is 0 Å². The average molecular weight is 381 g/mol. The zero-order valence-corrected chi connectivity index (χ0v) is 15.5. The lowest BCUT2D eigenvalue weighted by molar-refractivity contribution is -0.138. The fraction of sp³-hybridized carbons (Fsp3) is 0.375. The molecule has 1 aromatic rings. The highest BCUT2D eigenvalue weighted by atomic mass is 32.2. The number of carbonyl (C=O) groups excluding carboxylic acids is 1. The first kappa shape index (κ1) is 19.6. The quantitative estimate of drug-likeness (QED) is 0.542. The fourth-order valence-electron chi connectivity index (χ4n) is 2.21. The van der Waals surface area contributed by atoms with Gasteiger partial charge < -0.3 is 24.6 Å². The molecule has 1 aliphatic rings. The van der Waals surface area contributed by atoms with Crippen molar-refractivity contribution in [1.29, 1.82) is 0 Å². The van der Waals surface area contributed by atoms with Crippen molar-refractivity contribution in [3.05, 3.63) is 17.7 Å². The molecule has 1 saturated heterocycles. The second kappa shape index (κ2) is 8.56. The van der Waals surface area contributed by atoms with Gasteiger partial charge in [0, 0.05) is 5.56 Å². The second-order valence-corrected chi connectivity index (χ2v) is 6.39. The highest BCUT2D eigenvalue weighted by Crippen LogP contribution is 2.38. The number of amides is 1. The van der Waals surface area contributed by atoms with Crippen LogP contribution in [-0.4, -0.2) is 54.4 Å². The molecule has 1 aromatic carbocycles. The molecule has 2 N–H and O–H groups in total. The van der Waals surface area contributed by atoms with Gasteiger partial charge in [-0.25, -0.2) is 0 Å². The summed E-state index contributed by atoms with van der Waals surface area (Å²) in [6, 6.07) is 3.46. The van der Waals surface area contributed by atoms with Crippen molar-refractivity contribution in [2.24, 2.45) is 10.2 Å². The van der Waals surface area contributed by atoms with Crippen molar-refractivity contribution in [2.75, 3.05) is 21.3 Å². The van der Waals surface area contributed by atoms with E-state index in [1.54, 1.807) is 19.1 Å². The van der Waals surface area contributed by atoms with Gasteiger partial charge in [0.25, 0.3) is 0 Å². The van der Waals surface area contributed by atoms with Crippen LogP contribution in [0.4, 0.5) is 0 Å². The number of nitrogens with zero attached hydrogens (tertiary/aromatic N) is 2. The van der Waals surface area contributed by atoms with Gasteiger partial charge in [0.1, 0.15) is 5.25 Å². The molecule has 1 heterocycles. The first-order valence-corrected chi connectivity index (χ1v) is 8.39. The number of carboxylic acid groups (broad SMARTS) is 1. The molecule has 10 heteroatoms. The first-order valence-electron chi connectivity index (χ1n) is 7.51. The fourth-order valence-corrected chi connectivity index (χ4v) is 3.12. The summed E-state index contributed by atoms with van der Waals surface area (Å²) in [5.41, 5.74) is 1.24. The third-order valence-electron chi connectivity index (χ3n) is 3.51. The number of hydrogen-bond acceptors (Lipinski definition) is 8. The van der Waals surface area contributed by atoms with Crippen LogP contribution in [0.5, 0.6) is 17.2 Å². The van der Waals surface area contributed by atoms with Crippen molar-refractivity contribution < 1.29 is 28.9 Å². The standard InChI is InChI=1S/C16H19N3O6S/c1-8(9-5-10(23-2)14(25-4)11(6-9)24-3)18-19-16-17-15(22)12(26-16)7-13(20)21/h5-6,12H,7H2,1-4H3,(H,20,21)(H,17,19,22). The Morgan fingerprint density at radius 1 is 1.23 bits per heavy atom. The zero-order chi connectivity index (χ0) is 19.3. The Bertz CT molecular complexity index is 752. The van der Waals surface area contributed by atoms with Crippen molar-refractivity contribution in [1.82, 2.24) is 5.32 Å². The molecular weight excluding hydrogens is 362 g/mol. The number of hydrogen-bond donors (Lipinski definition) is 2. The van der Waals surface area contributed by atoms with Gasteiger partial charge in [0.05, 0.1) is 33.5 Å². The summed E-state index contributed by atoms with van der Waals surface area (Å²) in [7, 11) is 4.54. The minimum atomic E-state index is -1.05. The lowest BCUT2D eigenvalue weighted by Crippen LogP contribution is -2.26. The highest BCUT2D eigenvalue weighted by Gasteiger charge is 2.32. The number of carboxylic acids is 1. The lowest BCUT2D eigenvalue weighted by atomic mass is 10.1. The number of benzene rings is 1. The van der Waals surface area contributed by atoms with E-state index in [-0.39, 0.29) is 11.6 Å². The third kappa shape index (κ3) is 4.45. The van der Waals surface area contributed by atoms with Crippen molar-refractivity contribution in [3.63, 3.8) is 0 Å². The Hall–Kier alpha value is -2.75. The minimum Gasteiger partial charge on any atom is -0.493 e. The van der Waals surface area contributed by atoms with Gasteiger partial charge in [0.2, 0.25) is 11.7 Å². The number of nitrogens with one attached hydrogen (secondary N) is 1. The molecule has 140 valence electrons. The van der Waals surface area contributed by atoms with Crippen LogP contribution in [0.15, 0.2) is 22.3 Å². The van der Waals surface area contributed by atoms with Crippen LogP contribution in [0.1, 0.15) is 18.9 Å². The van der Waals surface area contributed by atoms with Gasteiger partial charge in [-0.05, 0) is 19.1 Å². The monoisotopic (exact) mass is 381 g/mol. The van der Waals surface area contributed by atoms with E-state index in [1.165, 1.54) is 21.3 Å². The molecule has 1 fully saturated rings. The number of methoxy groups -OCH3 is 3. The Kier molecular flexibility index (Phi) is 6.45. The van der Waals surface area contributed by atoms with E-state index < -0.39 is 17.1 Å². The van der Waals surface area contributed by atoms with E-state index in [4.69, 9.17) is 19.3 Å². The second-order valence-electron chi connectivity index (χ2n) is 5.20. The zero-order valence-electron chi connectivity index (χ0n) is 14.7. The summed E-state index contributed by atoms with van der Waals surface area (Å²) in [4.78, 5) is 22.4. The molecule has 9 nitrogen and oxygen atoms in total. The highest BCUT2D eigenvalue weighted by molar-refractivity contribution is 8.15. The van der Waals surface area contributed by atoms with Crippen LogP contribution >= 0.6 is 11.8 Å². The van der Waals surface area contributed by atoms with Gasteiger partial charge in [-0.15, -0.1) is 5.10 Å². The number of rotatable bonds is 7. The summed E-state index contributed by atoms with van der Waals surface area (Å²) >= 11 is 1.04. The third-order valence-corrected chi connectivity index (χ3v) is 4.58. The average Bonchev–Trinajstić information content (AvgIpc) is 2.97. The molecule has 1 aliphatic heterocycles. The van der Waals surface area contributed by atoms with Gasteiger partial charge in [0.15, 0.2) is 16.7 Å². The molecule has 1 unspecified atom stereocenters. The van der Waals surface area contributed by atoms with E-state index in [1.807, 2.05) is 0 Å². The molecular formula is C16H19N3O6S. The maximum atomic E-state index is 11.7. The molecule has 0 saturated carbocycles. The summed E-state index contributed by atoms with van der Waals surface area (Å²) in [5.74, 6) is -0.0102. The number of amidine groups is 1. The lowest BCUT2D eigenvalue weighted by Gasteiger charge is -2.13. The van der Waals surface area contributed by atoms with Crippen LogP contribution in [0.2, 0.25) is 0 Å². The summed E-state index contributed by atoms with van der Waals surface area (Å²) in [6.45, 7) is 1.74. The Labute approximate surface area is 154 Å². The van der Waals surface area contributed by atoms with Crippen LogP contribution in [-0.2, 0) is 9.59 Å². The SMILES string of the molecule is COc1cc(C(C)=N/N=C2\NC(=O)C(CC(=O)O)S2)cc(OC)c1OC. The molecule has 26 heavy (non-hydrogen) atoms. The van der Waals surface area contributed by atoms with Crippen molar-refractivity contribution in [2.45, 2.75) is 18.6 Å². The van der Waals surface area contributed by atoms with E-state index >= 15 is 0 Å². The van der Waals surface area contributed by atoms with E-state index in [0.717, 1.165) is 11.8 Å². The van der Waals surface area contributed by atoms with Crippen molar-refractivity contribution in [3.8, 4) is 17.2 Å². The van der Waals surface area contributed by atoms with Crippen LogP contribution < -0.4 is 19.5 Å². The number of aliphatic carboxylic acids is 1. The molecule has 0 spiro atoms. The molecule has 0 bridgehead atoms. The normalized spacial score (nSPS) is 18.6. The van der Waals surface area contributed by atoms with Gasteiger partial charge in [-0.3, -0.25) is 9.59 Å². The topological polar surface area (TPSA) is 119 Å². The van der Waals surface area contributed by atoms with Crippen molar-refractivity contribution >= 4 is 34.5 Å².